The smallest absolute Gasteiger partial charge is 0.253 e. The van der Waals surface area contributed by atoms with Crippen molar-refractivity contribution in [3.8, 4) is 0 Å². The number of nitrogens with one attached hydrogen (secondary N) is 2. The van der Waals surface area contributed by atoms with E-state index in [1.807, 2.05) is 0 Å². The first-order valence-corrected chi connectivity index (χ1v) is 11.2. The number of carbonyl (C=O) groups excluding carboxylic acids is 1. The summed E-state index contributed by atoms with van der Waals surface area (Å²) < 4.78 is 26.2. The van der Waals surface area contributed by atoms with Gasteiger partial charge in [0.15, 0.2) is 0 Å². The monoisotopic (exact) mass is 394 g/mol. The quantitative estimate of drug-likeness (QED) is 0.762. The van der Waals surface area contributed by atoms with Crippen molar-refractivity contribution < 1.29 is 13.2 Å². The molecule has 1 atom stereocenters. The van der Waals surface area contributed by atoms with Gasteiger partial charge < -0.3 is 15.5 Å². The number of hydrogen-bond acceptors (Lipinski definition) is 5. The summed E-state index contributed by atoms with van der Waals surface area (Å²) in [4.78, 5) is 15.3. The van der Waals surface area contributed by atoms with Crippen LogP contribution >= 0.6 is 0 Å². The summed E-state index contributed by atoms with van der Waals surface area (Å²) in [5, 5.41) is 6.36. The first-order chi connectivity index (χ1) is 12.9. The summed E-state index contributed by atoms with van der Waals surface area (Å²) >= 11 is 0. The van der Waals surface area contributed by atoms with Crippen molar-refractivity contribution in [2.24, 2.45) is 0 Å². The minimum absolute atomic E-state index is 0.150. The minimum atomic E-state index is -3.59. The first-order valence-electron chi connectivity index (χ1n) is 9.72. The Morgan fingerprint density at radius 1 is 1.22 bits per heavy atom. The molecule has 0 saturated carbocycles. The van der Waals surface area contributed by atoms with E-state index >= 15 is 0 Å². The van der Waals surface area contributed by atoms with Crippen LogP contribution in [0.4, 0.5) is 5.69 Å². The average Bonchev–Trinajstić information content (AvgIpc) is 3.20. The zero-order valence-corrected chi connectivity index (χ0v) is 17.0. The van der Waals surface area contributed by atoms with Gasteiger partial charge in [0.2, 0.25) is 10.0 Å². The molecule has 3 rings (SSSR count). The molecular weight excluding hydrogens is 364 g/mol. The zero-order valence-electron chi connectivity index (χ0n) is 16.2. The van der Waals surface area contributed by atoms with E-state index in [1.54, 1.807) is 12.1 Å². The number of benzene rings is 1. The van der Waals surface area contributed by atoms with Crippen molar-refractivity contribution >= 4 is 21.6 Å². The number of amides is 1. The lowest BCUT2D eigenvalue weighted by molar-refractivity contribution is 0.0950. The van der Waals surface area contributed by atoms with Crippen LogP contribution in [0.2, 0.25) is 0 Å². The fourth-order valence-electron chi connectivity index (χ4n) is 3.72. The van der Waals surface area contributed by atoms with Gasteiger partial charge in [-0.15, -0.1) is 0 Å². The van der Waals surface area contributed by atoms with Crippen LogP contribution in [0.1, 0.15) is 42.5 Å². The SMILES string of the molecule is CN(C)S(=O)(=O)c1ccc(N2CCCCC2)c(C(=O)NCC2CCCN2)c1. The second kappa shape index (κ2) is 8.58. The fraction of sp³-hybridized carbons (Fsp3) is 0.632. The van der Waals surface area contributed by atoms with Gasteiger partial charge in [0.1, 0.15) is 0 Å². The predicted molar refractivity (Wildman–Crippen MR) is 107 cm³/mol. The molecule has 150 valence electrons. The molecule has 7 nitrogen and oxygen atoms in total. The van der Waals surface area contributed by atoms with Crippen LogP contribution in [0.15, 0.2) is 23.1 Å². The molecule has 1 amide bonds. The van der Waals surface area contributed by atoms with E-state index in [0.717, 1.165) is 51.0 Å². The van der Waals surface area contributed by atoms with Crippen molar-refractivity contribution in [3.63, 3.8) is 0 Å². The van der Waals surface area contributed by atoms with Crippen LogP contribution in [-0.4, -0.2) is 64.9 Å². The summed E-state index contributed by atoms with van der Waals surface area (Å²) in [5.74, 6) is -0.208. The van der Waals surface area contributed by atoms with Crippen LogP contribution in [0.3, 0.4) is 0 Å². The summed E-state index contributed by atoms with van der Waals surface area (Å²) in [5.41, 5.74) is 1.27. The van der Waals surface area contributed by atoms with Gasteiger partial charge >= 0.3 is 0 Å². The topological polar surface area (TPSA) is 81.8 Å². The number of carbonyl (C=O) groups is 1. The summed E-state index contributed by atoms with van der Waals surface area (Å²) in [6.45, 7) is 3.33. The number of piperidine rings is 1. The largest absolute Gasteiger partial charge is 0.371 e. The van der Waals surface area contributed by atoms with Crippen LogP contribution < -0.4 is 15.5 Å². The third kappa shape index (κ3) is 4.62. The van der Waals surface area contributed by atoms with Gasteiger partial charge in [-0.2, -0.15) is 0 Å². The molecule has 0 aliphatic carbocycles. The van der Waals surface area contributed by atoms with E-state index in [0.29, 0.717) is 18.2 Å². The number of hydrogen-bond donors (Lipinski definition) is 2. The molecule has 2 fully saturated rings. The fourth-order valence-corrected chi connectivity index (χ4v) is 4.65. The van der Waals surface area contributed by atoms with E-state index in [9.17, 15) is 13.2 Å². The van der Waals surface area contributed by atoms with Crippen LogP contribution in [0, 0.1) is 0 Å². The predicted octanol–water partition coefficient (Wildman–Crippen LogP) is 1.41. The number of nitrogens with zero attached hydrogens (tertiary/aromatic N) is 2. The van der Waals surface area contributed by atoms with Crippen molar-refractivity contribution in [2.75, 3.05) is 45.2 Å². The lowest BCUT2D eigenvalue weighted by Crippen LogP contribution is -2.38. The van der Waals surface area contributed by atoms with Gasteiger partial charge in [0.25, 0.3) is 5.91 Å². The first kappa shape index (κ1) is 20.1. The highest BCUT2D eigenvalue weighted by Crippen LogP contribution is 2.28. The molecule has 0 spiro atoms. The van der Waals surface area contributed by atoms with Crippen molar-refractivity contribution in [2.45, 2.75) is 43.0 Å². The lowest BCUT2D eigenvalue weighted by atomic mass is 10.1. The third-order valence-electron chi connectivity index (χ3n) is 5.36. The second-order valence-corrected chi connectivity index (χ2v) is 9.67. The van der Waals surface area contributed by atoms with Crippen LogP contribution in [0.5, 0.6) is 0 Å². The van der Waals surface area contributed by atoms with Gasteiger partial charge in [0, 0.05) is 45.5 Å². The van der Waals surface area contributed by atoms with Gasteiger partial charge in [-0.3, -0.25) is 4.79 Å². The maximum atomic E-state index is 12.9. The van der Waals surface area contributed by atoms with Crippen molar-refractivity contribution in [1.29, 1.82) is 0 Å². The van der Waals surface area contributed by atoms with Crippen LogP contribution in [-0.2, 0) is 10.0 Å². The van der Waals surface area contributed by atoms with Crippen LogP contribution in [0.25, 0.3) is 0 Å². The minimum Gasteiger partial charge on any atom is -0.371 e. The molecule has 2 N–H and O–H groups in total. The summed E-state index contributed by atoms with van der Waals surface area (Å²) in [6.07, 6.45) is 5.54. The van der Waals surface area contributed by atoms with E-state index < -0.39 is 10.0 Å². The molecule has 1 unspecified atom stereocenters. The van der Waals surface area contributed by atoms with E-state index in [-0.39, 0.29) is 10.8 Å². The molecule has 2 heterocycles. The van der Waals surface area contributed by atoms with E-state index in [4.69, 9.17) is 0 Å². The van der Waals surface area contributed by atoms with E-state index in [2.05, 4.69) is 15.5 Å². The third-order valence-corrected chi connectivity index (χ3v) is 7.17. The Bertz CT molecular complexity index is 767. The average molecular weight is 395 g/mol. The highest BCUT2D eigenvalue weighted by atomic mass is 32.2. The number of anilines is 1. The number of rotatable bonds is 6. The second-order valence-electron chi connectivity index (χ2n) is 7.52. The summed E-state index contributed by atoms with van der Waals surface area (Å²) in [6, 6.07) is 5.21. The Labute approximate surface area is 162 Å². The molecule has 27 heavy (non-hydrogen) atoms. The van der Waals surface area contributed by atoms with Gasteiger partial charge in [-0.1, -0.05) is 0 Å². The Kier molecular flexibility index (Phi) is 6.39. The molecule has 2 saturated heterocycles. The molecule has 0 bridgehead atoms. The van der Waals surface area contributed by atoms with E-state index in [1.165, 1.54) is 30.9 Å². The maximum absolute atomic E-state index is 12.9. The van der Waals surface area contributed by atoms with Gasteiger partial charge in [-0.05, 0) is 56.8 Å². The molecule has 0 radical (unpaired) electrons. The number of sulfonamides is 1. The Morgan fingerprint density at radius 3 is 2.59 bits per heavy atom. The zero-order chi connectivity index (χ0) is 19.4. The Hall–Kier alpha value is -1.64. The summed E-state index contributed by atoms with van der Waals surface area (Å²) in [7, 11) is -0.590. The van der Waals surface area contributed by atoms with Gasteiger partial charge in [0.05, 0.1) is 10.5 Å². The lowest BCUT2D eigenvalue weighted by Gasteiger charge is -2.30. The Balaban J connectivity index is 1.89. The van der Waals surface area contributed by atoms with Crippen molar-refractivity contribution in [1.82, 2.24) is 14.9 Å². The molecular formula is C19H30N4O3S. The molecule has 2 aliphatic heterocycles. The molecule has 8 heteroatoms. The molecule has 0 aromatic heterocycles. The Morgan fingerprint density at radius 2 is 1.96 bits per heavy atom. The maximum Gasteiger partial charge on any atom is 0.253 e. The standard InChI is InChI=1S/C19H30N4O3S/c1-22(2)27(25,26)16-8-9-18(23-11-4-3-5-12-23)17(13-16)19(24)21-14-15-7-6-10-20-15/h8-9,13,15,20H,3-7,10-12,14H2,1-2H3,(H,21,24). The molecule has 1 aromatic rings. The van der Waals surface area contributed by atoms with Crippen molar-refractivity contribution in [3.05, 3.63) is 23.8 Å². The molecule has 1 aromatic carbocycles. The molecule has 2 aliphatic rings. The van der Waals surface area contributed by atoms with Gasteiger partial charge in [-0.25, -0.2) is 12.7 Å². The normalized spacial score (nSPS) is 20.9. The highest BCUT2D eigenvalue weighted by molar-refractivity contribution is 7.89. The highest BCUT2D eigenvalue weighted by Gasteiger charge is 2.24.